The van der Waals surface area contributed by atoms with Gasteiger partial charge in [0.05, 0.1) is 0 Å². The van der Waals surface area contributed by atoms with Gasteiger partial charge in [0, 0.05) is 0 Å². The van der Waals surface area contributed by atoms with E-state index in [0.717, 1.165) is 0 Å². The normalized spacial score (nSPS) is 7.64. The van der Waals surface area contributed by atoms with Crippen LogP contribution < -0.4 is 0 Å². The SMILES string of the molecule is O=[C-]O.O=[C-]O.[Cl][Mo+2]([Cl])([Cl])[Cl]. The third-order valence-electron chi connectivity index (χ3n) is 0. The Hall–Kier alpha value is 0.788. The van der Waals surface area contributed by atoms with Crippen LogP contribution >= 0.6 is 37.7 Å². The third-order valence-corrected chi connectivity index (χ3v) is 0. The Labute approximate surface area is 81.9 Å². The van der Waals surface area contributed by atoms with E-state index in [-0.39, 0.29) is 0 Å². The van der Waals surface area contributed by atoms with E-state index in [1.165, 1.54) is 0 Å². The molecule has 9 heteroatoms. The van der Waals surface area contributed by atoms with Crippen molar-refractivity contribution in [3.05, 3.63) is 0 Å². The second-order valence-corrected chi connectivity index (χ2v) is 18.8. The molecule has 0 saturated heterocycles. The van der Waals surface area contributed by atoms with Gasteiger partial charge < -0.3 is 19.8 Å². The van der Waals surface area contributed by atoms with Crippen molar-refractivity contribution in [3.63, 3.8) is 0 Å². The zero-order chi connectivity index (χ0) is 9.91. The van der Waals surface area contributed by atoms with Crippen LogP contribution in [0.1, 0.15) is 0 Å². The van der Waals surface area contributed by atoms with E-state index in [1.54, 1.807) is 0 Å². The number of rotatable bonds is 0. The first kappa shape index (κ1) is 17.8. The van der Waals surface area contributed by atoms with Crippen molar-refractivity contribution in [3.8, 4) is 0 Å². The number of aliphatic hydroxyl groups excluding tert-OH is 2. The van der Waals surface area contributed by atoms with Crippen LogP contribution in [0.5, 0.6) is 0 Å². The van der Waals surface area contributed by atoms with Crippen molar-refractivity contribution < 1.29 is 31.7 Å². The molecular weight excluding hydrogens is 326 g/mol. The Kier molecular flexibility index (Phi) is 21.6. The molecule has 0 spiro atoms. The molecule has 0 bridgehead atoms. The number of hydrogen-bond acceptors (Lipinski definition) is 2. The zero-order valence-electron chi connectivity index (χ0n) is 4.63. The summed E-state index contributed by atoms with van der Waals surface area (Å²) in [5.74, 6) is 0. The number of hydrogen-bond donors (Lipinski definition) is 2. The second kappa shape index (κ2) is 13.4. The minimum absolute atomic E-state index is 0.500. The molecule has 11 heavy (non-hydrogen) atoms. The molecule has 0 unspecified atom stereocenters. The van der Waals surface area contributed by atoms with Crippen LogP contribution in [0, 0.1) is 0 Å². The summed E-state index contributed by atoms with van der Waals surface area (Å²) in [5, 5.41) is 13.5. The maximum absolute atomic E-state index is 8.24. The van der Waals surface area contributed by atoms with E-state index in [9.17, 15) is 0 Å². The summed E-state index contributed by atoms with van der Waals surface area (Å²) in [7, 11) is 20.1. The molecule has 0 fully saturated rings. The fraction of sp³-hybridized carbons (Fsp3) is 0. The average molecular weight is 328 g/mol. The fourth-order valence-corrected chi connectivity index (χ4v) is 0. The van der Waals surface area contributed by atoms with Gasteiger partial charge in [0.25, 0.3) is 0 Å². The van der Waals surface area contributed by atoms with Crippen molar-refractivity contribution in [2.75, 3.05) is 0 Å². The zero-order valence-corrected chi connectivity index (χ0v) is 9.66. The summed E-state index contributed by atoms with van der Waals surface area (Å²) in [6.07, 6.45) is 0. The second-order valence-electron chi connectivity index (χ2n) is 0.533. The molecule has 0 aliphatic carbocycles. The molecule has 2 N–H and O–H groups in total. The van der Waals surface area contributed by atoms with Gasteiger partial charge in [0.15, 0.2) is 0 Å². The van der Waals surface area contributed by atoms with E-state index >= 15 is 0 Å². The van der Waals surface area contributed by atoms with E-state index in [0.29, 0.717) is 12.9 Å². The first-order valence-electron chi connectivity index (χ1n) is 1.47. The van der Waals surface area contributed by atoms with Crippen LogP contribution in [0.2, 0.25) is 0 Å². The topological polar surface area (TPSA) is 74.6 Å². The Balaban J connectivity index is -0.0000000933. The fourth-order valence-electron chi connectivity index (χ4n) is 0. The van der Waals surface area contributed by atoms with Crippen molar-refractivity contribution in [2.24, 2.45) is 0 Å². The summed E-state index contributed by atoms with van der Waals surface area (Å²) in [6.45, 7) is 1.00. The molecule has 0 saturated carbocycles. The van der Waals surface area contributed by atoms with E-state index in [4.69, 9.17) is 57.5 Å². The summed E-state index contributed by atoms with van der Waals surface area (Å²) in [5.41, 5.74) is 0. The summed E-state index contributed by atoms with van der Waals surface area (Å²) in [6, 6.07) is 0. The van der Waals surface area contributed by atoms with Crippen molar-refractivity contribution in [1.82, 2.24) is 0 Å². The average Bonchev–Trinajstić information content (AvgIpc) is 1.62. The first-order chi connectivity index (χ1) is 4.83. The Morgan fingerprint density at radius 1 is 0.909 bits per heavy atom. The van der Waals surface area contributed by atoms with Crippen LogP contribution in [-0.2, 0) is 21.5 Å². The summed E-state index contributed by atoms with van der Waals surface area (Å²) >= 11 is -3.13. The quantitative estimate of drug-likeness (QED) is 0.527. The number of halogens is 4. The molecule has 4 nitrogen and oxygen atoms in total. The molecule has 0 aliphatic rings. The van der Waals surface area contributed by atoms with Gasteiger partial charge in [0.2, 0.25) is 0 Å². The standard InChI is InChI=1S/2CHO2.4ClH.Mo/c2*2-1-3;;;;;/h2*(H,2,3);4*1H;/q2*-1;;;;;+6/p-4. The monoisotopic (exact) mass is 328 g/mol. The van der Waals surface area contributed by atoms with Gasteiger partial charge in [-0.3, -0.25) is 0 Å². The predicted molar refractivity (Wildman–Crippen MR) is 40.1 cm³/mol. The van der Waals surface area contributed by atoms with Crippen LogP contribution in [0.25, 0.3) is 0 Å². The molecule has 0 aromatic rings. The van der Waals surface area contributed by atoms with E-state index in [2.05, 4.69) is 0 Å². The predicted octanol–water partition coefficient (Wildman–Crippen LogP) is 1.98. The van der Waals surface area contributed by atoms with Gasteiger partial charge in [0.1, 0.15) is 0 Å². The van der Waals surface area contributed by atoms with Crippen molar-refractivity contribution >= 4 is 50.6 Å². The molecule has 0 aromatic heterocycles. The van der Waals surface area contributed by atoms with Gasteiger partial charge in [-0.05, 0) is 0 Å². The summed E-state index contributed by atoms with van der Waals surface area (Å²) < 4.78 is 0. The van der Waals surface area contributed by atoms with E-state index < -0.39 is 11.9 Å². The molecule has 0 aromatic carbocycles. The molecule has 0 rings (SSSR count). The maximum atomic E-state index is 8.24. The van der Waals surface area contributed by atoms with Crippen LogP contribution in [-0.4, -0.2) is 23.2 Å². The van der Waals surface area contributed by atoms with Gasteiger partial charge >= 0.3 is 49.6 Å². The third kappa shape index (κ3) is 1340. The van der Waals surface area contributed by atoms with Gasteiger partial charge in [-0.1, -0.05) is 12.9 Å². The van der Waals surface area contributed by atoms with Gasteiger partial charge in [-0.25, -0.2) is 0 Å². The molecule has 0 amide bonds. The Morgan fingerprint density at radius 3 is 0.909 bits per heavy atom. The minimum atomic E-state index is -3.13. The van der Waals surface area contributed by atoms with Crippen LogP contribution in [0.4, 0.5) is 0 Å². The molecule has 0 aliphatic heterocycles. The summed E-state index contributed by atoms with van der Waals surface area (Å²) in [4.78, 5) is 16.5. The Bertz CT molecular complexity index is 80.6. The van der Waals surface area contributed by atoms with Crippen LogP contribution in [0.3, 0.4) is 0 Å². The molecular formula is C2H2Cl4MoO4. The van der Waals surface area contributed by atoms with E-state index in [1.807, 2.05) is 0 Å². The van der Waals surface area contributed by atoms with Gasteiger partial charge in [-0.2, -0.15) is 0 Å². The van der Waals surface area contributed by atoms with Crippen molar-refractivity contribution in [2.45, 2.75) is 0 Å². The first-order valence-corrected chi connectivity index (χ1v) is 11.8. The van der Waals surface area contributed by atoms with Gasteiger partial charge in [-0.15, -0.1) is 0 Å². The molecule has 0 atom stereocenters. The van der Waals surface area contributed by atoms with Crippen LogP contribution in [0.15, 0.2) is 0 Å². The molecule has 0 heterocycles. The Morgan fingerprint density at radius 2 is 0.909 bits per heavy atom. The van der Waals surface area contributed by atoms with Crippen molar-refractivity contribution in [1.29, 1.82) is 0 Å². The molecule has 68 valence electrons. The molecule has 0 radical (unpaired) electrons.